The van der Waals surface area contributed by atoms with E-state index in [1.165, 1.54) is 4.80 Å². The molecule has 1 unspecified atom stereocenters. The van der Waals surface area contributed by atoms with Crippen molar-refractivity contribution in [2.45, 2.75) is 26.3 Å². The lowest BCUT2D eigenvalue weighted by atomic mass is 10.1. The predicted molar refractivity (Wildman–Crippen MR) is 117 cm³/mol. The van der Waals surface area contributed by atoms with Gasteiger partial charge in [-0.3, -0.25) is 4.79 Å². The lowest BCUT2D eigenvalue weighted by molar-refractivity contribution is 0.0726. The zero-order valence-electron chi connectivity index (χ0n) is 17.1. The van der Waals surface area contributed by atoms with E-state index in [1.54, 1.807) is 17.3 Å². The summed E-state index contributed by atoms with van der Waals surface area (Å²) in [7, 11) is 0. The van der Waals surface area contributed by atoms with Crippen LogP contribution in [-0.4, -0.2) is 47.3 Å². The summed E-state index contributed by atoms with van der Waals surface area (Å²) in [6, 6.07) is 7.12. The lowest BCUT2D eigenvalue weighted by Crippen LogP contribution is -2.33. The van der Waals surface area contributed by atoms with Gasteiger partial charge in [0, 0.05) is 17.3 Å². The van der Waals surface area contributed by atoms with Crippen molar-refractivity contribution in [1.82, 2.24) is 34.8 Å². The highest BCUT2D eigenvalue weighted by atomic mass is 35.5. The summed E-state index contributed by atoms with van der Waals surface area (Å²) in [5.41, 5.74) is 5.13. The summed E-state index contributed by atoms with van der Waals surface area (Å²) in [4.78, 5) is 29.5. The largest absolute Gasteiger partial charge is 0.340 e. The average Bonchev–Trinajstić information content (AvgIpc) is 3.49. The number of rotatable bonds is 3. The summed E-state index contributed by atoms with van der Waals surface area (Å²) in [5, 5.41) is 9.00. The number of carbonyl (C=O) groups is 1. The molecule has 0 spiro atoms. The molecule has 0 aliphatic carbocycles. The molecule has 1 N–H and O–H groups in total. The van der Waals surface area contributed by atoms with E-state index >= 15 is 0 Å². The van der Waals surface area contributed by atoms with Crippen molar-refractivity contribution < 1.29 is 4.79 Å². The number of nitrogens with zero attached hydrogens (tertiary/aromatic N) is 6. The number of H-pyrrole nitrogens is 1. The first kappa shape index (κ1) is 19.4. The minimum atomic E-state index is -0.272. The van der Waals surface area contributed by atoms with Crippen LogP contribution in [-0.2, 0) is 0 Å². The zero-order chi connectivity index (χ0) is 21.7. The van der Waals surface area contributed by atoms with Crippen LogP contribution in [0.4, 0.5) is 0 Å². The van der Waals surface area contributed by atoms with Crippen LogP contribution in [0.1, 0.15) is 40.0 Å². The molecule has 1 fully saturated rings. The molecule has 0 saturated carbocycles. The van der Waals surface area contributed by atoms with Gasteiger partial charge in [-0.2, -0.15) is 10.2 Å². The fourth-order valence-electron chi connectivity index (χ4n) is 3.97. The summed E-state index contributed by atoms with van der Waals surface area (Å²) in [5.74, 6) is 0.494. The topological polar surface area (TPSA) is 92.6 Å². The number of hydrogen-bond acceptors (Lipinski definition) is 5. The molecule has 1 aliphatic rings. The number of amides is 1. The molecule has 4 aromatic rings. The number of hydrogen-bond donors (Lipinski definition) is 1. The smallest absolute Gasteiger partial charge is 0.275 e. The van der Waals surface area contributed by atoms with Crippen molar-refractivity contribution in [2.75, 3.05) is 6.54 Å². The third-order valence-electron chi connectivity index (χ3n) is 5.54. The van der Waals surface area contributed by atoms with Crippen molar-refractivity contribution in [3.05, 3.63) is 76.6 Å². The van der Waals surface area contributed by atoms with Gasteiger partial charge in [0.05, 0.1) is 29.5 Å². The Kier molecular flexibility index (Phi) is 4.59. The first-order valence-electron chi connectivity index (χ1n) is 9.89. The van der Waals surface area contributed by atoms with E-state index in [4.69, 9.17) is 16.6 Å². The number of imidazole rings is 1. The van der Waals surface area contributed by atoms with Gasteiger partial charge in [0.15, 0.2) is 5.69 Å². The molecule has 156 valence electrons. The van der Waals surface area contributed by atoms with Gasteiger partial charge >= 0.3 is 0 Å². The second-order valence-corrected chi connectivity index (χ2v) is 8.14. The molecule has 8 nitrogen and oxygen atoms in total. The van der Waals surface area contributed by atoms with Gasteiger partial charge in [-0.05, 0) is 50.1 Å². The quantitative estimate of drug-likeness (QED) is 0.494. The molecule has 31 heavy (non-hydrogen) atoms. The molecular formula is C22H20ClN7O. The van der Waals surface area contributed by atoms with E-state index in [0.717, 1.165) is 27.9 Å². The highest BCUT2D eigenvalue weighted by Crippen LogP contribution is 2.36. The SMILES string of the molecule is C=C1CC(c2nc3c(C)c(Cl)ccc3[nH]2)N(C(=O)c2nc(C)ccc2-n2nccn2)C1. The molecular weight excluding hydrogens is 414 g/mol. The molecule has 3 aromatic heterocycles. The highest BCUT2D eigenvalue weighted by Gasteiger charge is 2.36. The molecule has 1 amide bonds. The maximum absolute atomic E-state index is 13.7. The van der Waals surface area contributed by atoms with E-state index in [1.807, 2.05) is 38.1 Å². The Morgan fingerprint density at radius 1 is 1.16 bits per heavy atom. The maximum Gasteiger partial charge on any atom is 0.275 e. The molecule has 1 aromatic carbocycles. The molecule has 1 saturated heterocycles. The van der Waals surface area contributed by atoms with E-state index in [0.29, 0.717) is 35.2 Å². The number of nitrogens with one attached hydrogen (secondary N) is 1. The van der Waals surface area contributed by atoms with Crippen LogP contribution in [0.2, 0.25) is 5.02 Å². The van der Waals surface area contributed by atoms with Gasteiger partial charge in [0.1, 0.15) is 11.5 Å². The third-order valence-corrected chi connectivity index (χ3v) is 5.95. The number of aryl methyl sites for hydroxylation is 2. The molecule has 4 heterocycles. The Morgan fingerprint density at radius 2 is 1.94 bits per heavy atom. The van der Waals surface area contributed by atoms with E-state index in [2.05, 4.69) is 26.7 Å². The van der Waals surface area contributed by atoms with Crippen molar-refractivity contribution in [3.63, 3.8) is 0 Å². The first-order valence-corrected chi connectivity index (χ1v) is 10.3. The Labute approximate surface area is 183 Å². The number of aromatic nitrogens is 6. The van der Waals surface area contributed by atoms with Crippen LogP contribution in [0.25, 0.3) is 16.7 Å². The van der Waals surface area contributed by atoms with Crippen LogP contribution in [0.15, 0.2) is 48.8 Å². The third kappa shape index (κ3) is 3.29. The minimum Gasteiger partial charge on any atom is -0.340 e. The molecule has 5 rings (SSSR count). The number of pyridine rings is 1. The van der Waals surface area contributed by atoms with E-state index < -0.39 is 0 Å². The summed E-state index contributed by atoms with van der Waals surface area (Å²) in [6.07, 6.45) is 3.76. The Hall–Kier alpha value is -3.52. The summed E-state index contributed by atoms with van der Waals surface area (Å²) < 4.78 is 0. The van der Waals surface area contributed by atoms with E-state index in [9.17, 15) is 4.79 Å². The monoisotopic (exact) mass is 433 g/mol. The maximum atomic E-state index is 13.7. The van der Waals surface area contributed by atoms with Crippen LogP contribution in [0.5, 0.6) is 0 Å². The Bertz CT molecular complexity index is 1330. The standard InChI is InChI=1S/C22H20ClN7O/c1-12-10-18(21-27-16-6-5-15(23)14(3)19(16)28-21)29(11-12)22(31)20-17(7-4-13(2)26-20)30-24-8-9-25-30/h4-9,18H,1,10-11H2,2-3H3,(H,27,28). The van der Waals surface area contributed by atoms with Crippen molar-refractivity contribution >= 4 is 28.5 Å². The number of halogens is 1. The van der Waals surface area contributed by atoms with Gasteiger partial charge in [0.25, 0.3) is 5.91 Å². The minimum absolute atomic E-state index is 0.213. The second-order valence-electron chi connectivity index (χ2n) is 7.73. The molecule has 0 radical (unpaired) electrons. The van der Waals surface area contributed by atoms with Crippen LogP contribution >= 0.6 is 11.6 Å². The molecule has 9 heteroatoms. The first-order chi connectivity index (χ1) is 14.9. The Balaban J connectivity index is 1.57. The number of carbonyl (C=O) groups excluding carboxylic acids is 1. The van der Waals surface area contributed by atoms with Gasteiger partial charge in [-0.1, -0.05) is 23.8 Å². The molecule has 1 aliphatic heterocycles. The highest BCUT2D eigenvalue weighted by molar-refractivity contribution is 6.32. The Morgan fingerprint density at radius 3 is 2.71 bits per heavy atom. The summed E-state index contributed by atoms with van der Waals surface area (Å²) in [6.45, 7) is 8.34. The van der Waals surface area contributed by atoms with Crippen LogP contribution < -0.4 is 0 Å². The van der Waals surface area contributed by atoms with E-state index in [-0.39, 0.29) is 11.9 Å². The molecule has 0 bridgehead atoms. The average molecular weight is 434 g/mol. The number of fused-ring (bicyclic) bond motifs is 1. The number of aromatic amines is 1. The van der Waals surface area contributed by atoms with Crippen molar-refractivity contribution in [3.8, 4) is 5.69 Å². The zero-order valence-corrected chi connectivity index (χ0v) is 17.9. The van der Waals surface area contributed by atoms with Crippen LogP contribution in [0, 0.1) is 13.8 Å². The van der Waals surface area contributed by atoms with Gasteiger partial charge in [-0.25, -0.2) is 9.97 Å². The fraction of sp³-hybridized carbons (Fsp3) is 0.227. The predicted octanol–water partition coefficient (Wildman–Crippen LogP) is 3.95. The number of benzene rings is 1. The van der Waals surface area contributed by atoms with Crippen molar-refractivity contribution in [2.24, 2.45) is 0 Å². The second kappa shape index (κ2) is 7.31. The number of likely N-dealkylation sites (tertiary alicyclic amines) is 1. The lowest BCUT2D eigenvalue weighted by Gasteiger charge is -2.23. The van der Waals surface area contributed by atoms with Crippen molar-refractivity contribution in [1.29, 1.82) is 0 Å². The molecule has 1 atom stereocenters. The summed E-state index contributed by atoms with van der Waals surface area (Å²) >= 11 is 6.27. The van der Waals surface area contributed by atoms with Gasteiger partial charge in [-0.15, -0.1) is 4.80 Å². The van der Waals surface area contributed by atoms with Gasteiger partial charge < -0.3 is 9.88 Å². The normalized spacial score (nSPS) is 16.4. The van der Waals surface area contributed by atoms with Gasteiger partial charge in [0.2, 0.25) is 0 Å². The fourth-order valence-corrected chi connectivity index (χ4v) is 4.12. The van der Waals surface area contributed by atoms with Crippen LogP contribution in [0.3, 0.4) is 0 Å².